The van der Waals surface area contributed by atoms with E-state index in [1.807, 2.05) is 0 Å². The first kappa shape index (κ1) is 18.0. The maximum absolute atomic E-state index is 12.3. The highest BCUT2D eigenvalue weighted by Gasteiger charge is 2.32. The molecule has 3 N–H and O–H groups in total. The number of hydrogen-bond donors (Lipinski definition) is 2. The number of nitrogens with two attached hydrogens (primary N) is 1. The molecule has 0 amide bonds. The summed E-state index contributed by atoms with van der Waals surface area (Å²) >= 11 is 7.07. The molecule has 0 radical (unpaired) electrons. The highest BCUT2D eigenvalue weighted by molar-refractivity contribution is 7.99. The van der Waals surface area contributed by atoms with Gasteiger partial charge in [0.2, 0.25) is 0 Å². The van der Waals surface area contributed by atoms with Gasteiger partial charge in [-0.05, 0) is 32.0 Å². The summed E-state index contributed by atoms with van der Waals surface area (Å²) in [6.45, 7) is 0.410. The lowest BCUT2D eigenvalue weighted by Crippen LogP contribution is -2.46. The van der Waals surface area contributed by atoms with Crippen molar-refractivity contribution in [1.29, 1.82) is 0 Å². The molecule has 8 heteroatoms. The monoisotopic (exact) mass is 339 g/mol. The zero-order chi connectivity index (χ0) is 16.2. The first-order chi connectivity index (χ1) is 9.63. The van der Waals surface area contributed by atoms with Crippen molar-refractivity contribution in [2.45, 2.75) is 37.0 Å². The molecule has 0 fully saturated rings. The standard InChI is InChI=1S/C13H16ClF2NO3S/c1-13(2,10(17)11(18)19)21-6-7-5-8(14)3-4-9(7)20-12(15)16/h3-5,10,12H,6,17H2,1-2H3,(H,18,19)/t10-/m0/s1. The fraction of sp³-hybridized carbons (Fsp3) is 0.462. The third-order valence-electron chi connectivity index (χ3n) is 2.85. The van der Waals surface area contributed by atoms with Crippen LogP contribution in [0.3, 0.4) is 0 Å². The fourth-order valence-electron chi connectivity index (χ4n) is 1.52. The van der Waals surface area contributed by atoms with Crippen LogP contribution < -0.4 is 10.5 Å². The van der Waals surface area contributed by atoms with Crippen molar-refractivity contribution in [3.05, 3.63) is 28.8 Å². The van der Waals surface area contributed by atoms with Gasteiger partial charge in [-0.2, -0.15) is 8.78 Å². The van der Waals surface area contributed by atoms with Gasteiger partial charge in [0.25, 0.3) is 0 Å². The largest absolute Gasteiger partial charge is 0.480 e. The molecule has 0 aliphatic heterocycles. The Morgan fingerprint density at radius 3 is 2.67 bits per heavy atom. The van der Waals surface area contributed by atoms with Crippen molar-refractivity contribution in [2.24, 2.45) is 5.73 Å². The summed E-state index contributed by atoms with van der Waals surface area (Å²) in [7, 11) is 0. The lowest BCUT2D eigenvalue weighted by molar-refractivity contribution is -0.139. The minimum atomic E-state index is -2.94. The molecule has 1 aromatic carbocycles. The molecule has 1 aromatic rings. The van der Waals surface area contributed by atoms with Crippen LogP contribution in [-0.4, -0.2) is 28.5 Å². The Labute approximate surface area is 130 Å². The molecule has 21 heavy (non-hydrogen) atoms. The van der Waals surface area contributed by atoms with E-state index < -0.39 is 23.4 Å². The van der Waals surface area contributed by atoms with Crippen LogP contribution in [-0.2, 0) is 10.5 Å². The van der Waals surface area contributed by atoms with Crippen LogP contribution in [0.15, 0.2) is 18.2 Å². The number of hydrogen-bond acceptors (Lipinski definition) is 4. The smallest absolute Gasteiger partial charge is 0.387 e. The summed E-state index contributed by atoms with van der Waals surface area (Å²) in [5.74, 6) is -0.861. The van der Waals surface area contributed by atoms with Crippen molar-refractivity contribution in [3.63, 3.8) is 0 Å². The maximum Gasteiger partial charge on any atom is 0.387 e. The second kappa shape index (κ2) is 7.29. The van der Waals surface area contributed by atoms with Gasteiger partial charge in [0, 0.05) is 21.1 Å². The Morgan fingerprint density at radius 2 is 2.14 bits per heavy atom. The van der Waals surface area contributed by atoms with Crippen LogP contribution in [0.1, 0.15) is 19.4 Å². The van der Waals surface area contributed by atoms with E-state index in [-0.39, 0.29) is 11.5 Å². The number of alkyl halides is 2. The van der Waals surface area contributed by atoms with E-state index in [0.717, 1.165) is 0 Å². The average molecular weight is 340 g/mol. The normalized spacial score (nSPS) is 13.3. The van der Waals surface area contributed by atoms with E-state index in [1.54, 1.807) is 13.8 Å². The van der Waals surface area contributed by atoms with Gasteiger partial charge < -0.3 is 15.6 Å². The number of ether oxygens (including phenoxy) is 1. The van der Waals surface area contributed by atoms with Crippen molar-refractivity contribution >= 4 is 29.3 Å². The Balaban J connectivity index is 2.87. The van der Waals surface area contributed by atoms with Gasteiger partial charge in [0.15, 0.2) is 0 Å². The van der Waals surface area contributed by atoms with E-state index in [1.165, 1.54) is 30.0 Å². The maximum atomic E-state index is 12.3. The highest BCUT2D eigenvalue weighted by Crippen LogP contribution is 2.35. The fourth-order valence-corrected chi connectivity index (χ4v) is 2.75. The quantitative estimate of drug-likeness (QED) is 0.797. The van der Waals surface area contributed by atoms with Gasteiger partial charge in [-0.25, -0.2) is 0 Å². The highest BCUT2D eigenvalue weighted by atomic mass is 35.5. The molecule has 0 aliphatic carbocycles. The van der Waals surface area contributed by atoms with Gasteiger partial charge >= 0.3 is 12.6 Å². The number of benzene rings is 1. The zero-order valence-electron chi connectivity index (χ0n) is 11.5. The lowest BCUT2D eigenvalue weighted by Gasteiger charge is -2.28. The molecule has 118 valence electrons. The summed E-state index contributed by atoms with van der Waals surface area (Å²) < 4.78 is 28.3. The Morgan fingerprint density at radius 1 is 1.52 bits per heavy atom. The number of halogens is 3. The third kappa shape index (κ3) is 5.33. The molecule has 1 rings (SSSR count). The Kier molecular flexibility index (Phi) is 6.24. The topological polar surface area (TPSA) is 72.5 Å². The van der Waals surface area contributed by atoms with Crippen LogP contribution >= 0.6 is 23.4 Å². The first-order valence-electron chi connectivity index (χ1n) is 5.99. The van der Waals surface area contributed by atoms with E-state index >= 15 is 0 Å². The lowest BCUT2D eigenvalue weighted by atomic mass is 10.1. The van der Waals surface area contributed by atoms with Crippen molar-refractivity contribution < 1.29 is 23.4 Å². The second-order valence-electron chi connectivity index (χ2n) is 4.84. The number of carbonyl (C=O) groups is 1. The summed E-state index contributed by atoms with van der Waals surface area (Å²) in [6, 6.07) is 3.23. The summed E-state index contributed by atoms with van der Waals surface area (Å²) in [6.07, 6.45) is 0. The first-order valence-corrected chi connectivity index (χ1v) is 7.35. The number of carboxylic acid groups (broad SMARTS) is 1. The minimum Gasteiger partial charge on any atom is -0.480 e. The summed E-state index contributed by atoms with van der Waals surface area (Å²) in [5, 5.41) is 9.33. The molecule has 0 heterocycles. The van der Waals surface area contributed by atoms with Gasteiger partial charge in [0.1, 0.15) is 11.8 Å². The number of rotatable bonds is 7. The molecular weight excluding hydrogens is 324 g/mol. The van der Waals surface area contributed by atoms with Crippen LogP contribution in [0.5, 0.6) is 5.75 Å². The van der Waals surface area contributed by atoms with Crippen LogP contribution in [0, 0.1) is 0 Å². The number of carboxylic acids is 1. The van der Waals surface area contributed by atoms with Crippen LogP contribution in [0.2, 0.25) is 5.02 Å². The molecular formula is C13H16ClF2NO3S. The van der Waals surface area contributed by atoms with Crippen LogP contribution in [0.25, 0.3) is 0 Å². The molecule has 0 spiro atoms. The minimum absolute atomic E-state index is 0.0154. The predicted octanol–water partition coefficient (Wildman–Crippen LogP) is 3.37. The predicted molar refractivity (Wildman–Crippen MR) is 79.1 cm³/mol. The Bertz CT molecular complexity index is 514. The molecule has 1 atom stereocenters. The van der Waals surface area contributed by atoms with E-state index in [4.69, 9.17) is 22.4 Å². The van der Waals surface area contributed by atoms with E-state index in [2.05, 4.69) is 4.74 Å². The SMILES string of the molecule is CC(C)(SCc1cc(Cl)ccc1OC(F)F)[C@@H](N)C(=O)O. The Hall–Kier alpha value is -1.05. The molecule has 0 aromatic heterocycles. The summed E-state index contributed by atoms with van der Waals surface area (Å²) in [4.78, 5) is 10.9. The second-order valence-corrected chi connectivity index (χ2v) is 6.90. The number of thioether (sulfide) groups is 1. The summed E-state index contributed by atoms with van der Waals surface area (Å²) in [5.41, 5.74) is 6.07. The average Bonchev–Trinajstić information content (AvgIpc) is 2.37. The van der Waals surface area contributed by atoms with Gasteiger partial charge in [0.05, 0.1) is 0 Å². The van der Waals surface area contributed by atoms with Crippen LogP contribution in [0.4, 0.5) is 8.78 Å². The molecule has 0 unspecified atom stereocenters. The molecule has 4 nitrogen and oxygen atoms in total. The molecule has 0 bridgehead atoms. The zero-order valence-corrected chi connectivity index (χ0v) is 13.0. The van der Waals surface area contributed by atoms with Gasteiger partial charge in [-0.15, -0.1) is 11.8 Å². The number of aliphatic carboxylic acids is 1. The van der Waals surface area contributed by atoms with Crippen molar-refractivity contribution in [2.75, 3.05) is 0 Å². The van der Waals surface area contributed by atoms with E-state index in [9.17, 15) is 13.6 Å². The van der Waals surface area contributed by atoms with Crippen molar-refractivity contribution in [1.82, 2.24) is 0 Å². The van der Waals surface area contributed by atoms with E-state index in [0.29, 0.717) is 10.6 Å². The van der Waals surface area contributed by atoms with Crippen molar-refractivity contribution in [3.8, 4) is 5.75 Å². The molecule has 0 saturated carbocycles. The van der Waals surface area contributed by atoms with Gasteiger partial charge in [-0.3, -0.25) is 4.79 Å². The molecule has 0 aliphatic rings. The molecule has 0 saturated heterocycles. The van der Waals surface area contributed by atoms with Gasteiger partial charge in [-0.1, -0.05) is 11.6 Å². The third-order valence-corrected chi connectivity index (χ3v) is 4.54.